The van der Waals surface area contributed by atoms with Crippen molar-refractivity contribution >= 4 is 0 Å². The first-order chi connectivity index (χ1) is 9.75. The fraction of sp³-hybridized carbons (Fsp3) is 0.700. The van der Waals surface area contributed by atoms with E-state index in [1.807, 2.05) is 0 Å². The summed E-state index contributed by atoms with van der Waals surface area (Å²) in [6.45, 7) is 18.9. The van der Waals surface area contributed by atoms with E-state index in [-0.39, 0.29) is 0 Å². The monoisotopic (exact) mass is 290 g/mol. The van der Waals surface area contributed by atoms with Gasteiger partial charge in [0.2, 0.25) is 0 Å². The maximum Gasteiger partial charge on any atom is 0.125 e. The summed E-state index contributed by atoms with van der Waals surface area (Å²) in [7, 11) is 0. The van der Waals surface area contributed by atoms with Gasteiger partial charge in [0.05, 0.1) is 6.61 Å². The van der Waals surface area contributed by atoms with Crippen molar-refractivity contribution in [3.05, 3.63) is 27.8 Å². The lowest BCUT2D eigenvalue weighted by atomic mass is 9.81. The van der Waals surface area contributed by atoms with E-state index in [4.69, 9.17) is 4.74 Å². The molecule has 0 unspecified atom stereocenters. The van der Waals surface area contributed by atoms with Gasteiger partial charge in [-0.3, -0.25) is 0 Å². The Morgan fingerprint density at radius 2 is 1.48 bits per heavy atom. The minimum atomic E-state index is 0.419. The van der Waals surface area contributed by atoms with Crippen molar-refractivity contribution < 1.29 is 4.74 Å². The number of rotatable bonds is 7. The Morgan fingerprint density at radius 1 is 0.857 bits per heavy atom. The molecule has 1 aromatic carbocycles. The van der Waals surface area contributed by atoms with Crippen molar-refractivity contribution in [2.45, 2.75) is 81.1 Å². The van der Waals surface area contributed by atoms with Crippen LogP contribution in [0.3, 0.4) is 0 Å². The number of hydrogen-bond donors (Lipinski definition) is 0. The molecule has 1 rings (SSSR count). The molecule has 0 atom stereocenters. The zero-order valence-electron chi connectivity index (χ0n) is 15.4. The van der Waals surface area contributed by atoms with E-state index in [0.29, 0.717) is 5.41 Å². The van der Waals surface area contributed by atoms with Crippen LogP contribution in [-0.4, -0.2) is 6.61 Å². The highest BCUT2D eigenvalue weighted by atomic mass is 16.5. The molecule has 0 radical (unpaired) electrons. The lowest BCUT2D eigenvalue weighted by Gasteiger charge is -2.25. The second-order valence-electron chi connectivity index (χ2n) is 7.17. The Bertz CT molecular complexity index is 483. The molecule has 0 aliphatic heterocycles. The van der Waals surface area contributed by atoms with Gasteiger partial charge in [0.15, 0.2) is 0 Å². The molecule has 0 N–H and O–H groups in total. The van der Waals surface area contributed by atoms with E-state index in [1.54, 1.807) is 0 Å². The lowest BCUT2D eigenvalue weighted by Crippen LogP contribution is -2.13. The van der Waals surface area contributed by atoms with Gasteiger partial charge in [-0.1, -0.05) is 34.1 Å². The lowest BCUT2D eigenvalue weighted by molar-refractivity contribution is 0.309. The zero-order chi connectivity index (χ0) is 16.2. The van der Waals surface area contributed by atoms with Crippen LogP contribution in [0.5, 0.6) is 5.75 Å². The maximum atomic E-state index is 6.05. The molecule has 0 bridgehead atoms. The molecule has 1 heteroatoms. The van der Waals surface area contributed by atoms with Gasteiger partial charge < -0.3 is 4.74 Å². The summed E-state index contributed by atoms with van der Waals surface area (Å²) in [6.07, 6.45) is 4.68. The van der Waals surface area contributed by atoms with E-state index in [9.17, 15) is 0 Å². The first-order valence-corrected chi connectivity index (χ1v) is 8.47. The molecular weight excluding hydrogens is 256 g/mol. The summed E-state index contributed by atoms with van der Waals surface area (Å²) < 4.78 is 6.05. The highest BCUT2D eigenvalue weighted by Crippen LogP contribution is 2.35. The van der Waals surface area contributed by atoms with Crippen molar-refractivity contribution in [3.63, 3.8) is 0 Å². The third-order valence-corrected chi connectivity index (χ3v) is 5.17. The summed E-state index contributed by atoms with van der Waals surface area (Å²) in [5.74, 6) is 1.13. The number of hydrogen-bond acceptors (Lipinski definition) is 1. The molecule has 1 aromatic rings. The summed E-state index contributed by atoms with van der Waals surface area (Å²) in [4.78, 5) is 0. The van der Waals surface area contributed by atoms with Gasteiger partial charge in [-0.25, -0.2) is 0 Å². The number of benzene rings is 1. The Balaban J connectivity index is 3.16. The van der Waals surface area contributed by atoms with Crippen LogP contribution in [0.1, 0.15) is 74.8 Å². The van der Waals surface area contributed by atoms with E-state index in [1.165, 1.54) is 40.7 Å². The normalized spacial score (nSPS) is 11.8. The SMILES string of the molecule is CCCOc1c(C)c(C)c(C)c(CCC(C)(C)CC)c1C. The van der Waals surface area contributed by atoms with Crippen LogP contribution in [0, 0.1) is 33.1 Å². The van der Waals surface area contributed by atoms with Crippen LogP contribution in [0.2, 0.25) is 0 Å². The minimum absolute atomic E-state index is 0.419. The van der Waals surface area contributed by atoms with Crippen molar-refractivity contribution in [3.8, 4) is 5.75 Å². The van der Waals surface area contributed by atoms with E-state index < -0.39 is 0 Å². The fourth-order valence-corrected chi connectivity index (χ4v) is 2.81. The van der Waals surface area contributed by atoms with Gasteiger partial charge >= 0.3 is 0 Å². The molecular formula is C20H34O. The average molecular weight is 290 g/mol. The van der Waals surface area contributed by atoms with Crippen LogP contribution in [0.25, 0.3) is 0 Å². The van der Waals surface area contributed by atoms with E-state index in [0.717, 1.165) is 25.2 Å². The van der Waals surface area contributed by atoms with Crippen molar-refractivity contribution in [2.24, 2.45) is 5.41 Å². The van der Waals surface area contributed by atoms with Crippen LogP contribution in [0.4, 0.5) is 0 Å². The minimum Gasteiger partial charge on any atom is -0.493 e. The molecule has 0 fully saturated rings. The van der Waals surface area contributed by atoms with Gasteiger partial charge in [0, 0.05) is 0 Å². The van der Waals surface area contributed by atoms with Gasteiger partial charge in [0.25, 0.3) is 0 Å². The van der Waals surface area contributed by atoms with Gasteiger partial charge in [-0.15, -0.1) is 0 Å². The zero-order valence-corrected chi connectivity index (χ0v) is 15.4. The van der Waals surface area contributed by atoms with Gasteiger partial charge in [-0.05, 0) is 80.2 Å². The second-order valence-corrected chi connectivity index (χ2v) is 7.17. The predicted octanol–water partition coefficient (Wildman–Crippen LogP) is 6.08. The van der Waals surface area contributed by atoms with Crippen molar-refractivity contribution in [2.75, 3.05) is 6.61 Å². The molecule has 0 saturated heterocycles. The quantitative estimate of drug-likeness (QED) is 0.591. The molecule has 0 aromatic heterocycles. The van der Waals surface area contributed by atoms with E-state index in [2.05, 4.69) is 55.4 Å². The Kier molecular flexibility index (Phi) is 6.31. The smallest absolute Gasteiger partial charge is 0.125 e. The third kappa shape index (κ3) is 4.25. The highest BCUT2D eigenvalue weighted by molar-refractivity contribution is 5.54. The molecule has 0 heterocycles. The Labute approximate surface area is 132 Å². The molecule has 0 amide bonds. The van der Waals surface area contributed by atoms with Crippen LogP contribution in [-0.2, 0) is 6.42 Å². The third-order valence-electron chi connectivity index (χ3n) is 5.17. The van der Waals surface area contributed by atoms with Crippen molar-refractivity contribution in [1.29, 1.82) is 0 Å². The summed E-state index contributed by atoms with van der Waals surface area (Å²) in [5.41, 5.74) is 7.46. The predicted molar refractivity (Wildman–Crippen MR) is 93.6 cm³/mol. The summed E-state index contributed by atoms with van der Waals surface area (Å²) in [5, 5.41) is 0. The van der Waals surface area contributed by atoms with Crippen LogP contribution < -0.4 is 4.74 Å². The van der Waals surface area contributed by atoms with Gasteiger partial charge in [-0.2, -0.15) is 0 Å². The van der Waals surface area contributed by atoms with E-state index >= 15 is 0 Å². The maximum absolute atomic E-state index is 6.05. The average Bonchev–Trinajstić information content (AvgIpc) is 2.45. The molecule has 0 spiro atoms. The molecule has 21 heavy (non-hydrogen) atoms. The summed E-state index contributed by atoms with van der Waals surface area (Å²) >= 11 is 0. The largest absolute Gasteiger partial charge is 0.493 e. The number of ether oxygens (including phenoxy) is 1. The van der Waals surface area contributed by atoms with Crippen LogP contribution >= 0.6 is 0 Å². The first-order valence-electron chi connectivity index (χ1n) is 8.47. The Morgan fingerprint density at radius 3 is 2.00 bits per heavy atom. The topological polar surface area (TPSA) is 9.23 Å². The standard InChI is InChI=1S/C20H34O/c1-9-13-21-19-16(5)14(3)15(4)18(17(19)6)11-12-20(7,8)10-2/h9-13H2,1-8H3. The molecule has 0 saturated carbocycles. The fourth-order valence-electron chi connectivity index (χ4n) is 2.81. The van der Waals surface area contributed by atoms with Crippen LogP contribution in [0.15, 0.2) is 0 Å². The second kappa shape index (κ2) is 7.33. The van der Waals surface area contributed by atoms with Crippen molar-refractivity contribution in [1.82, 2.24) is 0 Å². The van der Waals surface area contributed by atoms with Gasteiger partial charge in [0.1, 0.15) is 5.75 Å². The Hall–Kier alpha value is -0.980. The molecule has 0 aliphatic rings. The molecule has 0 aliphatic carbocycles. The summed E-state index contributed by atoms with van der Waals surface area (Å²) in [6, 6.07) is 0. The highest BCUT2D eigenvalue weighted by Gasteiger charge is 2.19. The molecule has 120 valence electrons. The first kappa shape index (κ1) is 18.1. The molecule has 1 nitrogen and oxygen atoms in total.